The minimum absolute atomic E-state index is 0. The molecule has 3 fully saturated rings. The van der Waals surface area contributed by atoms with Crippen molar-refractivity contribution in [3.05, 3.63) is 29.8 Å². The molecule has 2 unspecified atom stereocenters. The van der Waals surface area contributed by atoms with Crippen molar-refractivity contribution in [1.82, 2.24) is 15.5 Å². The van der Waals surface area contributed by atoms with Crippen molar-refractivity contribution in [3.63, 3.8) is 0 Å². The molecule has 0 radical (unpaired) electrons. The Bertz CT molecular complexity index is 665. The number of nitrogens with zero attached hydrogens (tertiary/aromatic N) is 2. The first-order valence-corrected chi connectivity index (χ1v) is 11.2. The predicted molar refractivity (Wildman–Crippen MR) is 130 cm³/mol. The second-order valence-corrected chi connectivity index (χ2v) is 8.69. The van der Waals surface area contributed by atoms with E-state index in [2.05, 4.69) is 53.8 Å². The van der Waals surface area contributed by atoms with Crippen LogP contribution in [0.5, 0.6) is 5.75 Å². The Morgan fingerprint density at radius 1 is 1.10 bits per heavy atom. The molecule has 2 bridgehead atoms. The summed E-state index contributed by atoms with van der Waals surface area (Å²) in [5.41, 5.74) is 1.17. The normalized spacial score (nSPS) is 27.5. The number of guanidine groups is 1. The summed E-state index contributed by atoms with van der Waals surface area (Å²) >= 11 is 0. The molecule has 1 aromatic rings. The molecule has 3 aliphatic rings. The van der Waals surface area contributed by atoms with Gasteiger partial charge in [-0.15, -0.1) is 24.0 Å². The van der Waals surface area contributed by atoms with Gasteiger partial charge in [-0.05, 0) is 65.0 Å². The number of rotatable bonds is 6. The third kappa shape index (κ3) is 5.78. The van der Waals surface area contributed by atoms with Crippen LogP contribution >= 0.6 is 24.0 Å². The molecule has 1 aliphatic carbocycles. The van der Waals surface area contributed by atoms with Gasteiger partial charge in [-0.3, -0.25) is 0 Å². The highest BCUT2D eigenvalue weighted by Gasteiger charge is 2.36. The van der Waals surface area contributed by atoms with Crippen molar-refractivity contribution < 1.29 is 4.74 Å². The molecule has 2 atom stereocenters. The fraction of sp³-hybridized carbons (Fsp3) is 0.696. The van der Waals surface area contributed by atoms with E-state index < -0.39 is 0 Å². The van der Waals surface area contributed by atoms with Crippen molar-refractivity contribution in [2.45, 2.75) is 89.1 Å². The molecule has 6 heteroatoms. The number of nitrogens with one attached hydrogen (secondary N) is 2. The number of hydrogen-bond acceptors (Lipinski definition) is 3. The number of halogens is 1. The number of fused-ring (bicyclic) bond motifs is 2. The van der Waals surface area contributed by atoms with Gasteiger partial charge < -0.3 is 20.3 Å². The summed E-state index contributed by atoms with van der Waals surface area (Å²) in [5, 5.41) is 7.17. The van der Waals surface area contributed by atoms with Crippen LogP contribution in [0.4, 0.5) is 0 Å². The molecule has 0 spiro atoms. The molecule has 1 aromatic carbocycles. The molecular weight excluding hydrogens is 475 g/mol. The molecule has 2 N–H and O–H groups in total. The molecule has 0 amide bonds. The Morgan fingerprint density at radius 3 is 2.45 bits per heavy atom. The van der Waals surface area contributed by atoms with Crippen LogP contribution in [0.3, 0.4) is 0 Å². The van der Waals surface area contributed by atoms with Crippen LogP contribution in [-0.2, 0) is 6.54 Å². The second kappa shape index (κ2) is 10.8. The highest BCUT2D eigenvalue weighted by atomic mass is 127. The van der Waals surface area contributed by atoms with Crippen LogP contribution in [0.15, 0.2) is 29.3 Å². The first-order chi connectivity index (χ1) is 13.7. The lowest BCUT2D eigenvalue weighted by Crippen LogP contribution is -2.56. The van der Waals surface area contributed by atoms with E-state index in [0.29, 0.717) is 18.7 Å². The Kier molecular flexibility index (Phi) is 8.47. The van der Waals surface area contributed by atoms with E-state index in [9.17, 15) is 0 Å². The zero-order valence-corrected chi connectivity index (χ0v) is 20.2. The van der Waals surface area contributed by atoms with Crippen LogP contribution < -0.4 is 15.4 Å². The van der Waals surface area contributed by atoms with Crippen molar-refractivity contribution >= 4 is 29.9 Å². The topological polar surface area (TPSA) is 48.9 Å². The second-order valence-electron chi connectivity index (χ2n) is 8.69. The van der Waals surface area contributed by atoms with Gasteiger partial charge in [-0.1, -0.05) is 24.6 Å². The first-order valence-electron chi connectivity index (χ1n) is 11.2. The fourth-order valence-electron chi connectivity index (χ4n) is 4.83. The van der Waals surface area contributed by atoms with E-state index in [-0.39, 0.29) is 24.0 Å². The number of benzene rings is 1. The first kappa shape index (κ1) is 22.7. The van der Waals surface area contributed by atoms with Crippen LogP contribution in [0.1, 0.15) is 63.9 Å². The Labute approximate surface area is 193 Å². The molecule has 2 aliphatic heterocycles. The summed E-state index contributed by atoms with van der Waals surface area (Å²) in [5.74, 6) is 1.94. The number of para-hydroxylation sites is 1. The Hall–Kier alpha value is -1.02. The number of piperidine rings is 2. The van der Waals surface area contributed by atoms with Gasteiger partial charge in [0.05, 0.1) is 12.6 Å². The fourth-order valence-corrected chi connectivity index (χ4v) is 4.83. The van der Waals surface area contributed by atoms with Gasteiger partial charge in [-0.25, -0.2) is 4.99 Å². The third-order valence-electron chi connectivity index (χ3n) is 6.75. The van der Waals surface area contributed by atoms with E-state index >= 15 is 0 Å². The van der Waals surface area contributed by atoms with E-state index in [4.69, 9.17) is 9.73 Å². The van der Waals surface area contributed by atoms with Crippen LogP contribution in [0.25, 0.3) is 0 Å². The highest BCUT2D eigenvalue weighted by Crippen LogP contribution is 2.32. The summed E-state index contributed by atoms with van der Waals surface area (Å²) in [7, 11) is 2.31. The highest BCUT2D eigenvalue weighted by molar-refractivity contribution is 14.0. The van der Waals surface area contributed by atoms with Gasteiger partial charge in [0, 0.05) is 30.2 Å². The largest absolute Gasteiger partial charge is 0.490 e. The van der Waals surface area contributed by atoms with Gasteiger partial charge >= 0.3 is 0 Å². The monoisotopic (exact) mass is 512 g/mol. The lowest BCUT2D eigenvalue weighted by atomic mass is 9.82. The molecule has 4 rings (SSSR count). The average Bonchev–Trinajstić information content (AvgIpc) is 2.64. The van der Waals surface area contributed by atoms with Crippen LogP contribution in [-0.4, -0.2) is 48.7 Å². The molecule has 0 aromatic heterocycles. The lowest BCUT2D eigenvalue weighted by Gasteiger charge is -2.47. The Morgan fingerprint density at radius 2 is 1.79 bits per heavy atom. The van der Waals surface area contributed by atoms with Gasteiger partial charge in [0.25, 0.3) is 0 Å². The van der Waals surface area contributed by atoms with Gasteiger partial charge in [0.2, 0.25) is 0 Å². The molecule has 29 heavy (non-hydrogen) atoms. The average molecular weight is 512 g/mol. The number of ether oxygens (including phenoxy) is 1. The predicted octanol–water partition coefficient (Wildman–Crippen LogP) is 4.31. The van der Waals surface area contributed by atoms with Gasteiger partial charge in [0.15, 0.2) is 5.96 Å². The van der Waals surface area contributed by atoms with E-state index in [1.54, 1.807) is 0 Å². The summed E-state index contributed by atoms with van der Waals surface area (Å²) < 4.78 is 6.17. The van der Waals surface area contributed by atoms with Crippen molar-refractivity contribution in [2.24, 2.45) is 4.99 Å². The minimum atomic E-state index is 0. The van der Waals surface area contributed by atoms with Crippen LogP contribution in [0.2, 0.25) is 0 Å². The molecular formula is C23H37IN4O. The third-order valence-corrected chi connectivity index (χ3v) is 6.75. The molecule has 162 valence electrons. The maximum atomic E-state index is 6.17. The van der Waals surface area contributed by atoms with Crippen LogP contribution in [0, 0.1) is 0 Å². The van der Waals surface area contributed by atoms with E-state index in [0.717, 1.165) is 30.3 Å². The molecule has 1 saturated carbocycles. The number of hydrogen-bond donors (Lipinski definition) is 2. The molecule has 2 saturated heterocycles. The van der Waals surface area contributed by atoms with Crippen molar-refractivity contribution in [2.75, 3.05) is 13.6 Å². The summed E-state index contributed by atoms with van der Waals surface area (Å²) in [6.45, 7) is 3.66. The summed E-state index contributed by atoms with van der Waals surface area (Å²) in [6, 6.07) is 10.3. The van der Waals surface area contributed by atoms with E-state index in [1.807, 2.05) is 0 Å². The van der Waals surface area contributed by atoms with E-state index in [1.165, 1.54) is 56.9 Å². The molecule has 2 heterocycles. The van der Waals surface area contributed by atoms with Gasteiger partial charge in [-0.2, -0.15) is 0 Å². The van der Waals surface area contributed by atoms with Crippen molar-refractivity contribution in [1.29, 1.82) is 0 Å². The summed E-state index contributed by atoms with van der Waals surface area (Å²) in [6.07, 6.45) is 10.6. The zero-order valence-electron chi connectivity index (χ0n) is 17.9. The van der Waals surface area contributed by atoms with Crippen molar-refractivity contribution in [3.8, 4) is 5.75 Å². The maximum absolute atomic E-state index is 6.17. The Balaban J connectivity index is 0.00000240. The van der Waals surface area contributed by atoms with Gasteiger partial charge in [0.1, 0.15) is 5.75 Å². The molecule has 5 nitrogen and oxygen atoms in total. The summed E-state index contributed by atoms with van der Waals surface area (Å²) in [4.78, 5) is 7.51. The lowest BCUT2D eigenvalue weighted by molar-refractivity contribution is 0.0526. The standard InChI is InChI=1S/C23H36N4O.HI/c1-3-24-23(26-18-14-19-9-6-10-20(15-18)27(19)2)25-16-17-8-4-5-13-22(17)28-21-11-7-12-21;/h4-5,8,13,18-21H,3,6-7,9-12,14-16H2,1-2H3,(H2,24,25,26);1H. The zero-order chi connectivity index (χ0) is 19.3. The number of aliphatic imine (C=N–C) groups is 1. The maximum Gasteiger partial charge on any atom is 0.191 e. The SMILES string of the molecule is CCNC(=NCc1ccccc1OC1CCC1)NC1CC2CCCC(C1)N2C.I. The smallest absolute Gasteiger partial charge is 0.191 e. The minimum Gasteiger partial charge on any atom is -0.490 e. The quantitative estimate of drug-likeness (QED) is 0.339.